The molecule has 3 nitrogen and oxygen atoms in total. The number of nitriles is 1. The lowest BCUT2D eigenvalue weighted by atomic mass is 9.89. The third-order valence-corrected chi connectivity index (χ3v) is 12.1. The number of benzene rings is 6. The Morgan fingerprint density at radius 3 is 2.09 bits per heavy atom. The van der Waals surface area contributed by atoms with Crippen molar-refractivity contribution in [1.82, 2.24) is 4.57 Å². The van der Waals surface area contributed by atoms with Gasteiger partial charge in [-0.15, -0.1) is 11.3 Å². The summed E-state index contributed by atoms with van der Waals surface area (Å²) in [5, 5.41) is 12.0. The number of nitrogens with zero attached hydrogens (tertiary/aromatic N) is 3. The van der Waals surface area contributed by atoms with Gasteiger partial charge in [0, 0.05) is 43.9 Å². The quantitative estimate of drug-likeness (QED) is 0.173. The number of allylic oxidation sites excluding steroid dienone is 2. The van der Waals surface area contributed by atoms with Crippen molar-refractivity contribution < 1.29 is 0 Å². The van der Waals surface area contributed by atoms with Gasteiger partial charge in [0.05, 0.1) is 22.0 Å². The maximum atomic E-state index is 9.38. The van der Waals surface area contributed by atoms with Crippen LogP contribution in [0.25, 0.3) is 54.7 Å². The zero-order valence-corrected chi connectivity index (χ0v) is 30.0. The second-order valence-electron chi connectivity index (χ2n) is 13.9. The smallest absolute Gasteiger partial charge is 0.0991 e. The molecule has 0 amide bonds. The van der Waals surface area contributed by atoms with Gasteiger partial charge in [0.15, 0.2) is 0 Å². The van der Waals surface area contributed by atoms with Crippen LogP contribution in [0.15, 0.2) is 152 Å². The second kappa shape index (κ2) is 13.0. The number of fused-ring (bicyclic) bond motifs is 6. The van der Waals surface area contributed by atoms with Crippen LogP contribution in [0.3, 0.4) is 0 Å². The average molecular weight is 698 g/mol. The fourth-order valence-corrected chi connectivity index (χ4v) is 9.50. The molecule has 0 N–H and O–H groups in total. The van der Waals surface area contributed by atoms with Crippen LogP contribution in [-0.4, -0.2) is 4.57 Å². The molecular weight excluding hydrogens is 663 g/mol. The van der Waals surface area contributed by atoms with Crippen LogP contribution in [0.1, 0.15) is 46.5 Å². The summed E-state index contributed by atoms with van der Waals surface area (Å²) in [6.07, 6.45) is 11.1. The summed E-state index contributed by atoms with van der Waals surface area (Å²) < 4.78 is 5.02. The lowest BCUT2D eigenvalue weighted by Gasteiger charge is -2.27. The summed E-state index contributed by atoms with van der Waals surface area (Å²) >= 11 is 1.87. The Kier molecular flexibility index (Phi) is 7.67. The Labute approximate surface area is 313 Å². The monoisotopic (exact) mass is 697 g/mol. The molecular formula is C49H35N3S. The third-order valence-electron chi connectivity index (χ3n) is 10.9. The summed E-state index contributed by atoms with van der Waals surface area (Å²) in [6, 6.07) is 54.5. The van der Waals surface area contributed by atoms with Crippen molar-refractivity contribution in [3.8, 4) is 22.9 Å². The van der Waals surface area contributed by atoms with Gasteiger partial charge in [-0.2, -0.15) is 5.26 Å². The highest BCUT2D eigenvalue weighted by Crippen LogP contribution is 2.46. The molecule has 0 saturated carbocycles. The van der Waals surface area contributed by atoms with Crippen molar-refractivity contribution >= 4 is 66.3 Å². The molecule has 0 spiro atoms. The van der Waals surface area contributed by atoms with Crippen molar-refractivity contribution in [3.63, 3.8) is 0 Å². The Balaban J connectivity index is 1.06. The predicted molar refractivity (Wildman–Crippen MR) is 223 cm³/mol. The van der Waals surface area contributed by atoms with Gasteiger partial charge in [-0.3, -0.25) is 0 Å². The van der Waals surface area contributed by atoms with Crippen molar-refractivity contribution in [2.45, 2.75) is 25.7 Å². The van der Waals surface area contributed by atoms with E-state index >= 15 is 0 Å². The fourth-order valence-electron chi connectivity index (χ4n) is 8.29. The molecule has 10 rings (SSSR count). The standard InChI is InChI=1S/C49H35N3S/c50-32-33-17-24-40(25-18-33)52-45-14-6-4-11-41(45)44-31-37(23-30-46(44)52)36-21-28-39(29-22-36)51(38-26-19-35(20-27-38)34-9-2-1-3-10-34)47-15-8-13-43-42-12-5-7-16-48(42)53-49(43)47/h1-3,5-10,12-22,24-29,31H,4,11,23,30H2. The average Bonchev–Trinajstić information content (AvgIpc) is 3.78. The van der Waals surface area contributed by atoms with Gasteiger partial charge in [-0.25, -0.2) is 0 Å². The van der Waals surface area contributed by atoms with E-state index in [2.05, 4.69) is 167 Å². The van der Waals surface area contributed by atoms with E-state index < -0.39 is 0 Å². The predicted octanol–water partition coefficient (Wildman–Crippen LogP) is 13.3. The molecule has 0 radical (unpaired) electrons. The molecule has 0 fully saturated rings. The zero-order valence-electron chi connectivity index (χ0n) is 29.2. The molecule has 8 aromatic rings. The molecule has 0 unspecified atom stereocenters. The van der Waals surface area contributed by atoms with Crippen LogP contribution < -0.4 is 4.90 Å². The summed E-state index contributed by atoms with van der Waals surface area (Å²) in [4.78, 5) is 2.42. The first-order valence-corrected chi connectivity index (χ1v) is 19.2. The number of anilines is 3. The summed E-state index contributed by atoms with van der Waals surface area (Å²) in [7, 11) is 0. The molecule has 4 heteroatoms. The Morgan fingerprint density at radius 2 is 1.32 bits per heavy atom. The highest BCUT2D eigenvalue weighted by atomic mass is 32.1. The Morgan fingerprint density at radius 1 is 0.623 bits per heavy atom. The van der Waals surface area contributed by atoms with Gasteiger partial charge in [0.1, 0.15) is 0 Å². The van der Waals surface area contributed by atoms with Crippen LogP contribution >= 0.6 is 11.3 Å². The molecule has 252 valence electrons. The minimum Gasteiger partial charge on any atom is -0.313 e. The lowest BCUT2D eigenvalue weighted by molar-refractivity contribution is 0.875. The molecule has 53 heavy (non-hydrogen) atoms. The number of hydrogen-bond donors (Lipinski definition) is 0. The van der Waals surface area contributed by atoms with Gasteiger partial charge >= 0.3 is 0 Å². The van der Waals surface area contributed by atoms with Gasteiger partial charge in [0.2, 0.25) is 0 Å². The van der Waals surface area contributed by atoms with Crippen LogP contribution in [0.5, 0.6) is 0 Å². The van der Waals surface area contributed by atoms with E-state index in [0.717, 1.165) is 42.7 Å². The molecule has 0 bridgehead atoms. The SMILES string of the molecule is N#Cc1ccc(-n2c3c(c4c2CCC(c2ccc(N(c5ccc(-c6ccccc6)cc5)c5cccc6c5sc5ccccc56)cc2)=C4)CCC=C3)cc1. The second-order valence-corrected chi connectivity index (χ2v) is 14.9. The van der Waals surface area contributed by atoms with E-state index in [4.69, 9.17) is 0 Å². The number of aromatic nitrogens is 1. The van der Waals surface area contributed by atoms with E-state index in [1.807, 2.05) is 23.5 Å². The maximum Gasteiger partial charge on any atom is 0.0991 e. The first-order chi connectivity index (χ1) is 26.2. The first-order valence-electron chi connectivity index (χ1n) is 18.3. The Hall–Kier alpha value is -6.41. The topological polar surface area (TPSA) is 32.0 Å². The Bertz CT molecular complexity index is 2760. The van der Waals surface area contributed by atoms with Crippen LogP contribution in [0, 0.1) is 11.3 Å². The minimum atomic E-state index is 0.688. The van der Waals surface area contributed by atoms with E-state index in [-0.39, 0.29) is 0 Å². The van der Waals surface area contributed by atoms with E-state index in [0.29, 0.717) is 5.56 Å². The molecule has 2 heterocycles. The van der Waals surface area contributed by atoms with Gasteiger partial charge in [-0.05, 0) is 132 Å². The van der Waals surface area contributed by atoms with Gasteiger partial charge in [0.25, 0.3) is 0 Å². The van der Waals surface area contributed by atoms with Crippen LogP contribution in [-0.2, 0) is 12.8 Å². The van der Waals surface area contributed by atoms with Gasteiger partial charge in [-0.1, -0.05) is 91.0 Å². The van der Waals surface area contributed by atoms with Crippen LogP contribution in [0.4, 0.5) is 17.1 Å². The third kappa shape index (κ3) is 5.41. The maximum absolute atomic E-state index is 9.38. The number of thiophene rings is 1. The zero-order chi connectivity index (χ0) is 35.3. The van der Waals surface area contributed by atoms with E-state index in [1.165, 1.54) is 70.6 Å². The van der Waals surface area contributed by atoms with Crippen LogP contribution in [0.2, 0.25) is 0 Å². The first kappa shape index (κ1) is 31.3. The highest BCUT2D eigenvalue weighted by Gasteiger charge is 2.26. The molecule has 2 aliphatic rings. The molecule has 0 aliphatic heterocycles. The molecule has 2 aromatic heterocycles. The van der Waals surface area contributed by atoms with Crippen molar-refractivity contribution in [2.24, 2.45) is 0 Å². The number of rotatable bonds is 6. The minimum absolute atomic E-state index is 0.688. The molecule has 0 saturated heterocycles. The molecule has 0 atom stereocenters. The number of hydrogen-bond acceptors (Lipinski definition) is 3. The molecule has 6 aromatic carbocycles. The summed E-state index contributed by atoms with van der Waals surface area (Å²) in [5.74, 6) is 0. The molecule has 2 aliphatic carbocycles. The normalized spacial score (nSPS) is 13.4. The lowest BCUT2D eigenvalue weighted by Crippen LogP contribution is -2.10. The van der Waals surface area contributed by atoms with Crippen molar-refractivity contribution in [2.75, 3.05) is 4.90 Å². The fraction of sp³-hybridized carbons (Fsp3) is 0.0816. The summed E-state index contributed by atoms with van der Waals surface area (Å²) in [5.41, 5.74) is 15.8. The highest BCUT2D eigenvalue weighted by molar-refractivity contribution is 7.26. The van der Waals surface area contributed by atoms with Crippen molar-refractivity contribution in [3.05, 3.63) is 185 Å². The largest absolute Gasteiger partial charge is 0.313 e. The summed E-state index contributed by atoms with van der Waals surface area (Å²) in [6.45, 7) is 0. The van der Waals surface area contributed by atoms with E-state index in [9.17, 15) is 5.26 Å². The van der Waals surface area contributed by atoms with Crippen molar-refractivity contribution in [1.29, 1.82) is 5.26 Å². The van der Waals surface area contributed by atoms with E-state index in [1.54, 1.807) is 0 Å². The van der Waals surface area contributed by atoms with Gasteiger partial charge < -0.3 is 9.47 Å².